The number of nitriles is 1. The smallest absolute Gasteiger partial charge is 0.263 e. The molecule has 5 rings (SSSR count). The molecule has 3 heterocycles. The normalized spacial score (nSPS) is 19.5. The fourth-order valence-electron chi connectivity index (χ4n) is 4.45. The second-order valence-electron chi connectivity index (χ2n) is 8.01. The summed E-state index contributed by atoms with van der Waals surface area (Å²) in [6, 6.07) is 17.7. The zero-order valence-corrected chi connectivity index (χ0v) is 17.7. The Morgan fingerprint density at radius 1 is 1.12 bits per heavy atom. The number of nitrogens with zero attached hydrogens (tertiary/aromatic N) is 6. The van der Waals surface area contributed by atoms with E-state index in [1.807, 2.05) is 62.4 Å². The lowest BCUT2D eigenvalue weighted by Crippen LogP contribution is -2.42. The summed E-state index contributed by atoms with van der Waals surface area (Å²) in [6.07, 6.45) is 0.938. The highest BCUT2D eigenvalue weighted by Crippen LogP contribution is 2.29. The number of hydrogen-bond acceptors (Lipinski definition) is 7. The van der Waals surface area contributed by atoms with Crippen LogP contribution < -0.4 is 11.3 Å². The van der Waals surface area contributed by atoms with Gasteiger partial charge in [0.05, 0.1) is 17.6 Å². The lowest BCUT2D eigenvalue weighted by molar-refractivity contribution is 0.210. The van der Waals surface area contributed by atoms with Crippen LogP contribution in [-0.4, -0.2) is 33.6 Å². The van der Waals surface area contributed by atoms with Gasteiger partial charge in [-0.2, -0.15) is 10.4 Å². The average molecular weight is 423 g/mol. The molecule has 2 N–H and O–H groups in total. The van der Waals surface area contributed by atoms with Crippen LogP contribution in [0.5, 0.6) is 0 Å². The predicted octanol–water partition coefficient (Wildman–Crippen LogP) is 2.64. The van der Waals surface area contributed by atoms with E-state index in [0.29, 0.717) is 11.2 Å². The summed E-state index contributed by atoms with van der Waals surface area (Å²) >= 11 is 0. The van der Waals surface area contributed by atoms with E-state index in [4.69, 9.17) is 5.73 Å². The van der Waals surface area contributed by atoms with Gasteiger partial charge in [0.25, 0.3) is 5.56 Å². The van der Waals surface area contributed by atoms with Crippen LogP contribution in [0, 0.1) is 31.1 Å². The second-order valence-corrected chi connectivity index (χ2v) is 8.01. The Kier molecular flexibility index (Phi) is 4.59. The highest BCUT2D eigenvalue weighted by atomic mass is 16.1. The molecule has 2 aliphatic rings. The maximum absolute atomic E-state index is 13.7. The maximum atomic E-state index is 13.7. The number of rotatable bonds is 3. The average Bonchev–Trinajstić information content (AvgIpc) is 3.14. The third-order valence-corrected chi connectivity index (χ3v) is 6.01. The van der Waals surface area contributed by atoms with Crippen molar-refractivity contribution in [2.75, 3.05) is 0 Å². The van der Waals surface area contributed by atoms with Crippen molar-refractivity contribution in [2.24, 2.45) is 26.7 Å². The SMILES string of the molecule is Cc1ccccc1-n1c(CN2N=C(C#N)C3C(N)=NC=NC32)cc2cccc(C)c2c1=O. The van der Waals surface area contributed by atoms with Crippen LogP contribution in [0.25, 0.3) is 16.5 Å². The van der Waals surface area contributed by atoms with Gasteiger partial charge in [0.1, 0.15) is 24.2 Å². The molecular weight excluding hydrogens is 402 g/mol. The summed E-state index contributed by atoms with van der Waals surface area (Å²) in [6.45, 7) is 4.21. The van der Waals surface area contributed by atoms with Gasteiger partial charge in [-0.1, -0.05) is 36.4 Å². The van der Waals surface area contributed by atoms with Crippen molar-refractivity contribution in [3.05, 3.63) is 75.7 Å². The van der Waals surface area contributed by atoms with Gasteiger partial charge in [-0.25, -0.2) is 9.98 Å². The van der Waals surface area contributed by atoms with Gasteiger partial charge in [-0.3, -0.25) is 14.4 Å². The minimum Gasteiger partial charge on any atom is -0.386 e. The number of aliphatic imine (C=N–C) groups is 2. The van der Waals surface area contributed by atoms with Crippen LogP contribution in [0.2, 0.25) is 0 Å². The summed E-state index contributed by atoms with van der Waals surface area (Å²) in [5.41, 5.74) is 9.70. The number of hydrazone groups is 1. The fourth-order valence-corrected chi connectivity index (χ4v) is 4.45. The van der Waals surface area contributed by atoms with Crippen molar-refractivity contribution in [3.8, 4) is 11.8 Å². The van der Waals surface area contributed by atoms with E-state index in [2.05, 4.69) is 21.2 Å². The number of fused-ring (bicyclic) bond motifs is 2. The van der Waals surface area contributed by atoms with E-state index in [1.54, 1.807) is 9.58 Å². The van der Waals surface area contributed by atoms with Gasteiger partial charge in [-0.05, 0) is 42.5 Å². The zero-order valence-electron chi connectivity index (χ0n) is 17.7. The highest BCUT2D eigenvalue weighted by Gasteiger charge is 2.41. The Bertz CT molecular complexity index is 1440. The minimum atomic E-state index is -0.480. The Morgan fingerprint density at radius 3 is 2.69 bits per heavy atom. The van der Waals surface area contributed by atoms with E-state index >= 15 is 0 Å². The van der Waals surface area contributed by atoms with Crippen LogP contribution in [0.4, 0.5) is 0 Å². The first-order chi connectivity index (χ1) is 15.5. The molecule has 158 valence electrons. The van der Waals surface area contributed by atoms with E-state index in [-0.39, 0.29) is 17.8 Å². The van der Waals surface area contributed by atoms with E-state index in [0.717, 1.165) is 27.9 Å². The number of amidine groups is 1. The number of nitrogens with two attached hydrogens (primary N) is 1. The number of para-hydroxylation sites is 1. The Labute approximate surface area is 184 Å². The molecule has 0 fully saturated rings. The Balaban J connectivity index is 1.70. The molecule has 0 saturated carbocycles. The van der Waals surface area contributed by atoms with E-state index < -0.39 is 12.1 Å². The molecule has 2 atom stereocenters. The third kappa shape index (κ3) is 2.98. The zero-order chi connectivity index (χ0) is 22.4. The molecule has 0 saturated heterocycles. The number of aromatic nitrogens is 1. The molecule has 0 amide bonds. The van der Waals surface area contributed by atoms with Gasteiger partial charge in [-0.15, -0.1) is 0 Å². The molecule has 2 unspecified atom stereocenters. The van der Waals surface area contributed by atoms with Gasteiger partial charge in [0.15, 0.2) is 11.9 Å². The van der Waals surface area contributed by atoms with Crippen LogP contribution in [0.1, 0.15) is 16.8 Å². The molecule has 0 radical (unpaired) electrons. The summed E-state index contributed by atoms with van der Waals surface area (Å²) in [5, 5.41) is 17.3. The molecule has 8 heteroatoms. The number of benzene rings is 2. The van der Waals surface area contributed by atoms with Gasteiger partial charge in [0.2, 0.25) is 0 Å². The van der Waals surface area contributed by atoms with Crippen molar-refractivity contribution in [2.45, 2.75) is 26.6 Å². The molecule has 8 nitrogen and oxygen atoms in total. The van der Waals surface area contributed by atoms with Crippen LogP contribution in [0.15, 0.2) is 68.4 Å². The molecule has 2 aliphatic heterocycles. The summed E-state index contributed by atoms with van der Waals surface area (Å²) in [7, 11) is 0. The molecule has 0 bridgehead atoms. The van der Waals surface area contributed by atoms with Crippen molar-refractivity contribution in [3.63, 3.8) is 0 Å². The third-order valence-electron chi connectivity index (χ3n) is 6.01. The van der Waals surface area contributed by atoms with Crippen LogP contribution >= 0.6 is 0 Å². The van der Waals surface area contributed by atoms with E-state index in [1.165, 1.54) is 6.34 Å². The number of hydrogen-bond donors (Lipinski definition) is 1. The van der Waals surface area contributed by atoms with Crippen molar-refractivity contribution < 1.29 is 0 Å². The minimum absolute atomic E-state index is 0.0849. The highest BCUT2D eigenvalue weighted by molar-refractivity contribution is 6.16. The quantitative estimate of drug-likeness (QED) is 0.698. The van der Waals surface area contributed by atoms with Gasteiger partial charge < -0.3 is 5.73 Å². The first-order valence-corrected chi connectivity index (χ1v) is 10.3. The molecule has 2 aromatic carbocycles. The van der Waals surface area contributed by atoms with Gasteiger partial charge in [0, 0.05) is 5.69 Å². The van der Waals surface area contributed by atoms with Crippen LogP contribution in [0.3, 0.4) is 0 Å². The molecule has 0 aliphatic carbocycles. The first-order valence-electron chi connectivity index (χ1n) is 10.3. The van der Waals surface area contributed by atoms with Crippen molar-refractivity contribution >= 4 is 28.7 Å². The lowest BCUT2D eigenvalue weighted by Gasteiger charge is -2.27. The second kappa shape index (κ2) is 7.46. The van der Waals surface area contributed by atoms with Crippen molar-refractivity contribution in [1.82, 2.24) is 9.58 Å². The summed E-state index contributed by atoms with van der Waals surface area (Å²) < 4.78 is 1.74. The summed E-state index contributed by atoms with van der Waals surface area (Å²) in [5.74, 6) is -0.162. The molecule has 1 aromatic heterocycles. The predicted molar refractivity (Wildman–Crippen MR) is 125 cm³/mol. The van der Waals surface area contributed by atoms with Crippen LogP contribution in [-0.2, 0) is 6.54 Å². The fraction of sp³-hybridized carbons (Fsp3) is 0.208. The lowest BCUT2D eigenvalue weighted by atomic mass is 9.99. The summed E-state index contributed by atoms with van der Waals surface area (Å²) in [4.78, 5) is 22.2. The largest absolute Gasteiger partial charge is 0.386 e. The maximum Gasteiger partial charge on any atom is 0.263 e. The number of pyridine rings is 1. The monoisotopic (exact) mass is 423 g/mol. The topological polar surface area (TPSA) is 112 Å². The van der Waals surface area contributed by atoms with Crippen molar-refractivity contribution in [1.29, 1.82) is 5.26 Å². The van der Waals surface area contributed by atoms with Gasteiger partial charge >= 0.3 is 0 Å². The first kappa shape index (κ1) is 19.7. The standard InChI is InChI=1S/C24H21N7O/c1-14-6-3-4-9-19(14)31-17(10-16-8-5-7-15(2)20(16)24(31)32)12-30-23-21(18(11-25)29-30)22(26)27-13-28-23/h3-10,13,21,23H,12H2,1-2H3,(H2,26,27,28). The molecule has 0 spiro atoms. The molecule has 3 aromatic rings. The molecule has 32 heavy (non-hydrogen) atoms. The molecular formula is C24H21N7O. The Morgan fingerprint density at radius 2 is 1.91 bits per heavy atom. The Hall–Kier alpha value is -4.25. The van der Waals surface area contributed by atoms with E-state index in [9.17, 15) is 10.1 Å². The number of aryl methyl sites for hydroxylation is 2.